The fourth-order valence-corrected chi connectivity index (χ4v) is 2.26. The number of aromatic nitrogens is 1. The zero-order chi connectivity index (χ0) is 10.8. The molecule has 2 nitrogen and oxygen atoms in total. The van der Waals surface area contributed by atoms with Crippen molar-refractivity contribution in [3.63, 3.8) is 0 Å². The van der Waals surface area contributed by atoms with E-state index >= 15 is 0 Å². The van der Waals surface area contributed by atoms with Gasteiger partial charge in [0.05, 0.1) is 0 Å². The lowest BCUT2D eigenvalue weighted by Gasteiger charge is -2.10. The Morgan fingerprint density at radius 3 is 2.81 bits per heavy atom. The van der Waals surface area contributed by atoms with Crippen LogP contribution in [0.5, 0.6) is 0 Å². The Morgan fingerprint density at radius 2 is 2.00 bits per heavy atom. The van der Waals surface area contributed by atoms with E-state index < -0.39 is 0 Å². The fourth-order valence-electron chi connectivity index (χ4n) is 2.26. The smallest absolute Gasteiger partial charge is 0.129 e. The highest BCUT2D eigenvalue weighted by Gasteiger charge is 2.20. The molecule has 1 aliphatic rings. The van der Waals surface area contributed by atoms with Gasteiger partial charge in [0.25, 0.3) is 0 Å². The highest BCUT2D eigenvalue weighted by atomic mass is 15.0. The van der Waals surface area contributed by atoms with E-state index in [1.165, 1.54) is 11.1 Å². The number of nitrogens with one attached hydrogen (secondary N) is 1. The average Bonchev–Trinajstić information content (AvgIpc) is 2.72. The summed E-state index contributed by atoms with van der Waals surface area (Å²) in [6, 6.07) is 15.3. The van der Waals surface area contributed by atoms with Gasteiger partial charge in [-0.1, -0.05) is 36.4 Å². The van der Waals surface area contributed by atoms with Gasteiger partial charge in [-0.2, -0.15) is 0 Å². The first kappa shape index (κ1) is 9.40. The molecule has 3 rings (SSSR count). The van der Waals surface area contributed by atoms with Gasteiger partial charge in [-0.15, -0.1) is 0 Å². The molecule has 2 heteroatoms. The minimum absolute atomic E-state index is 0.493. The van der Waals surface area contributed by atoms with Crippen LogP contribution in [0.2, 0.25) is 0 Å². The van der Waals surface area contributed by atoms with Crippen molar-refractivity contribution in [3.05, 3.63) is 59.8 Å². The maximum atomic E-state index is 4.34. The number of anilines is 1. The second-order valence-corrected chi connectivity index (χ2v) is 4.25. The minimum atomic E-state index is 0.493. The summed E-state index contributed by atoms with van der Waals surface area (Å²) >= 11 is 0. The molecule has 1 aromatic carbocycles. The lowest BCUT2D eigenvalue weighted by Crippen LogP contribution is -2.18. The molecular formula is C14H14N2. The average molecular weight is 210 g/mol. The van der Waals surface area contributed by atoms with Gasteiger partial charge >= 0.3 is 0 Å². The van der Waals surface area contributed by atoms with Crippen molar-refractivity contribution in [2.24, 2.45) is 0 Å². The maximum absolute atomic E-state index is 4.34. The molecule has 16 heavy (non-hydrogen) atoms. The summed E-state index contributed by atoms with van der Waals surface area (Å²) in [6.45, 7) is 0. The van der Waals surface area contributed by atoms with E-state index in [4.69, 9.17) is 0 Å². The minimum Gasteiger partial charge on any atom is -0.366 e. The molecule has 0 amide bonds. The van der Waals surface area contributed by atoms with E-state index in [1.54, 1.807) is 0 Å². The fraction of sp³-hybridized carbons (Fsp3) is 0.214. The number of pyridine rings is 1. The molecule has 0 fully saturated rings. The summed E-state index contributed by atoms with van der Waals surface area (Å²) in [7, 11) is 0. The van der Waals surface area contributed by atoms with E-state index in [2.05, 4.69) is 46.7 Å². The van der Waals surface area contributed by atoms with Crippen LogP contribution in [-0.2, 0) is 12.8 Å². The summed E-state index contributed by atoms with van der Waals surface area (Å²) in [5.74, 6) is 1.06. The number of hydrogen-bond donors (Lipinski definition) is 1. The zero-order valence-electron chi connectivity index (χ0n) is 9.06. The number of hydrogen-bond acceptors (Lipinski definition) is 2. The summed E-state index contributed by atoms with van der Waals surface area (Å²) in [5, 5.41) is 3.47. The lowest BCUT2D eigenvalue weighted by atomic mass is 10.0. The highest BCUT2D eigenvalue weighted by Crippen LogP contribution is 2.24. The molecule has 0 saturated heterocycles. The molecule has 0 spiro atoms. The summed E-state index contributed by atoms with van der Waals surface area (Å²) in [6.07, 6.45) is 3.99. The van der Waals surface area contributed by atoms with E-state index in [0.717, 1.165) is 18.7 Å². The quantitative estimate of drug-likeness (QED) is 0.824. The van der Waals surface area contributed by atoms with Crippen LogP contribution >= 0.6 is 0 Å². The molecule has 2 heterocycles. The third-order valence-corrected chi connectivity index (χ3v) is 3.02. The monoisotopic (exact) mass is 210 g/mol. The Labute approximate surface area is 95.3 Å². The number of rotatable bonds is 2. The van der Waals surface area contributed by atoms with Crippen molar-refractivity contribution >= 4 is 5.82 Å². The van der Waals surface area contributed by atoms with E-state index in [-0.39, 0.29) is 0 Å². The van der Waals surface area contributed by atoms with Crippen LogP contribution in [0, 0.1) is 0 Å². The van der Waals surface area contributed by atoms with Crippen LogP contribution in [0.15, 0.2) is 48.7 Å². The van der Waals surface area contributed by atoms with Gasteiger partial charge in [-0.25, -0.2) is 4.98 Å². The maximum Gasteiger partial charge on any atom is 0.129 e. The number of nitrogens with zero attached hydrogens (tertiary/aromatic N) is 1. The zero-order valence-corrected chi connectivity index (χ0v) is 9.06. The second-order valence-electron chi connectivity index (χ2n) is 4.25. The normalized spacial score (nSPS) is 17.9. The summed E-state index contributed by atoms with van der Waals surface area (Å²) < 4.78 is 0. The predicted octanol–water partition coefficient (Wildman–Crippen LogP) is 2.66. The van der Waals surface area contributed by atoms with Crippen LogP contribution < -0.4 is 5.32 Å². The van der Waals surface area contributed by atoms with E-state index in [1.807, 2.05) is 12.3 Å². The topological polar surface area (TPSA) is 24.9 Å². The highest BCUT2D eigenvalue weighted by molar-refractivity contribution is 5.50. The first-order valence-corrected chi connectivity index (χ1v) is 5.66. The molecule has 0 radical (unpaired) electrons. The van der Waals surface area contributed by atoms with Crippen molar-refractivity contribution in [1.29, 1.82) is 0 Å². The Hall–Kier alpha value is -1.83. The van der Waals surface area contributed by atoms with Crippen molar-refractivity contribution in [2.75, 3.05) is 5.32 Å². The third-order valence-electron chi connectivity index (χ3n) is 3.02. The summed E-state index contributed by atoms with van der Waals surface area (Å²) in [5.41, 5.74) is 2.72. The van der Waals surface area contributed by atoms with Gasteiger partial charge in [0.15, 0.2) is 0 Å². The van der Waals surface area contributed by atoms with E-state index in [0.29, 0.717) is 6.04 Å². The SMILES string of the molecule is c1ccc(C[C@H]2Cc3cccnc3N2)cc1. The first-order chi connectivity index (χ1) is 7.92. The molecule has 1 aromatic heterocycles. The largest absolute Gasteiger partial charge is 0.366 e. The van der Waals surface area contributed by atoms with Gasteiger partial charge in [0.2, 0.25) is 0 Å². The molecule has 0 bridgehead atoms. The number of benzene rings is 1. The van der Waals surface area contributed by atoms with Crippen molar-refractivity contribution in [2.45, 2.75) is 18.9 Å². The van der Waals surface area contributed by atoms with Crippen molar-refractivity contribution < 1.29 is 0 Å². The van der Waals surface area contributed by atoms with Gasteiger partial charge in [0.1, 0.15) is 5.82 Å². The van der Waals surface area contributed by atoms with Gasteiger partial charge in [-0.05, 0) is 30.0 Å². The Morgan fingerprint density at radius 1 is 1.12 bits per heavy atom. The van der Waals surface area contributed by atoms with Crippen LogP contribution in [0.1, 0.15) is 11.1 Å². The van der Waals surface area contributed by atoms with Gasteiger partial charge < -0.3 is 5.32 Å². The Balaban J connectivity index is 1.73. The number of fused-ring (bicyclic) bond motifs is 1. The van der Waals surface area contributed by atoms with Crippen LogP contribution in [0.25, 0.3) is 0 Å². The Kier molecular flexibility index (Phi) is 2.33. The molecule has 0 aliphatic carbocycles. The van der Waals surface area contributed by atoms with Crippen molar-refractivity contribution in [3.8, 4) is 0 Å². The van der Waals surface area contributed by atoms with Crippen molar-refractivity contribution in [1.82, 2.24) is 4.98 Å². The molecule has 2 aromatic rings. The van der Waals surface area contributed by atoms with Crippen LogP contribution in [0.3, 0.4) is 0 Å². The van der Waals surface area contributed by atoms with Gasteiger partial charge in [-0.3, -0.25) is 0 Å². The van der Waals surface area contributed by atoms with Crippen LogP contribution in [-0.4, -0.2) is 11.0 Å². The first-order valence-electron chi connectivity index (χ1n) is 5.66. The lowest BCUT2D eigenvalue weighted by molar-refractivity contribution is 0.746. The molecule has 0 unspecified atom stereocenters. The standard InChI is InChI=1S/C14H14N2/c1-2-5-11(6-3-1)9-13-10-12-7-4-8-15-14(12)16-13/h1-8,13H,9-10H2,(H,15,16)/t13-/m0/s1. The predicted molar refractivity (Wildman–Crippen MR) is 65.5 cm³/mol. The molecule has 1 atom stereocenters. The molecule has 0 saturated carbocycles. The summed E-state index contributed by atoms with van der Waals surface area (Å²) in [4.78, 5) is 4.34. The molecule has 1 aliphatic heterocycles. The molecule has 1 N–H and O–H groups in total. The third kappa shape index (κ3) is 1.78. The Bertz CT molecular complexity index is 454. The van der Waals surface area contributed by atoms with Gasteiger partial charge in [0, 0.05) is 12.2 Å². The second kappa shape index (κ2) is 3.97. The molecular weight excluding hydrogens is 196 g/mol. The van der Waals surface area contributed by atoms with E-state index in [9.17, 15) is 0 Å². The van der Waals surface area contributed by atoms with Crippen LogP contribution in [0.4, 0.5) is 5.82 Å². The molecule has 80 valence electrons.